The number of carbonyl (C=O) groups is 3. The molecule has 5 atom stereocenters. The number of aliphatic hydroxyl groups is 1. The highest BCUT2D eigenvalue weighted by atomic mass is 28.4. The van der Waals surface area contributed by atoms with Crippen molar-refractivity contribution in [3.63, 3.8) is 0 Å². The average Bonchev–Trinajstić information content (AvgIpc) is 3.68. The zero-order valence-corrected chi connectivity index (χ0v) is 27.3. The highest BCUT2D eigenvalue weighted by Gasteiger charge is 2.67. The highest BCUT2D eigenvalue weighted by Crippen LogP contribution is 2.61. The summed E-state index contributed by atoms with van der Waals surface area (Å²) in [6, 6.07) is 22.4. The van der Waals surface area contributed by atoms with Gasteiger partial charge in [-0.15, -0.1) is 0 Å². The molecular formula is C35H39N3O7Si. The van der Waals surface area contributed by atoms with E-state index >= 15 is 0 Å². The zero-order valence-electron chi connectivity index (χ0n) is 26.3. The molecule has 240 valence electrons. The fourth-order valence-electron chi connectivity index (χ4n) is 8.15. The number of ether oxygens (including phenoxy) is 2. The van der Waals surface area contributed by atoms with Crippen LogP contribution in [0.5, 0.6) is 0 Å². The fourth-order valence-corrected chi connectivity index (χ4v) is 10.7. The van der Waals surface area contributed by atoms with Gasteiger partial charge in [-0.1, -0.05) is 49.4 Å². The molecular weight excluding hydrogens is 602 g/mol. The summed E-state index contributed by atoms with van der Waals surface area (Å²) in [4.78, 5) is 58.1. The van der Waals surface area contributed by atoms with Gasteiger partial charge >= 0.3 is 6.09 Å². The van der Waals surface area contributed by atoms with E-state index < -0.39 is 37.6 Å². The number of benzene rings is 3. The van der Waals surface area contributed by atoms with E-state index in [4.69, 9.17) is 9.47 Å². The van der Waals surface area contributed by atoms with E-state index in [1.807, 2.05) is 86.7 Å². The van der Waals surface area contributed by atoms with Crippen molar-refractivity contribution >= 4 is 43.3 Å². The summed E-state index contributed by atoms with van der Waals surface area (Å²) in [5.74, 6) is -0.973. The van der Waals surface area contributed by atoms with Gasteiger partial charge in [0.15, 0.2) is 13.9 Å². The van der Waals surface area contributed by atoms with E-state index in [1.165, 1.54) is 4.90 Å². The summed E-state index contributed by atoms with van der Waals surface area (Å²) < 4.78 is 12.1. The molecule has 2 N–H and O–H groups in total. The molecule has 0 aliphatic carbocycles. The topological polar surface area (TPSA) is 120 Å². The first-order valence-electron chi connectivity index (χ1n) is 15.9. The molecule has 0 unspecified atom stereocenters. The van der Waals surface area contributed by atoms with Crippen LogP contribution >= 0.6 is 0 Å². The minimum atomic E-state index is -3.05. The molecule has 1 spiro atoms. The van der Waals surface area contributed by atoms with Crippen LogP contribution < -0.4 is 9.80 Å². The third-order valence-corrected chi connectivity index (χ3v) is 12.7. The molecule has 2 fully saturated rings. The Bertz CT molecular complexity index is 1690. The van der Waals surface area contributed by atoms with Gasteiger partial charge in [0, 0.05) is 34.9 Å². The first-order chi connectivity index (χ1) is 22.0. The van der Waals surface area contributed by atoms with Crippen molar-refractivity contribution in [1.29, 1.82) is 0 Å². The Hall–Kier alpha value is -4.03. The van der Waals surface area contributed by atoms with E-state index in [0.717, 1.165) is 11.1 Å². The predicted molar refractivity (Wildman–Crippen MR) is 174 cm³/mol. The molecule has 3 aromatic carbocycles. The lowest BCUT2D eigenvalue weighted by Crippen LogP contribution is -2.48. The van der Waals surface area contributed by atoms with E-state index in [0.29, 0.717) is 42.1 Å². The molecule has 4 heterocycles. The minimum absolute atomic E-state index is 0.0431. The van der Waals surface area contributed by atoms with Crippen LogP contribution in [0.4, 0.5) is 21.9 Å². The number of aliphatic hydroxyl groups excluding tert-OH is 1. The maximum Gasteiger partial charge on any atom is 0.414 e. The first-order valence-corrected chi connectivity index (χ1v) is 18.9. The number of carbonyl (C=O) groups excluding carboxylic acids is 3. The Labute approximate surface area is 269 Å². The molecule has 0 aromatic heterocycles. The van der Waals surface area contributed by atoms with Gasteiger partial charge in [0.1, 0.15) is 6.61 Å². The van der Waals surface area contributed by atoms with E-state index in [9.17, 15) is 24.3 Å². The predicted octanol–water partition coefficient (Wildman–Crippen LogP) is 4.46. The van der Waals surface area contributed by atoms with Crippen LogP contribution in [0, 0.1) is 5.92 Å². The lowest BCUT2D eigenvalue weighted by Gasteiger charge is -2.37. The number of para-hydroxylation sites is 1. The molecule has 11 heteroatoms. The molecule has 3 aromatic rings. The third-order valence-electron chi connectivity index (χ3n) is 10.2. The fraction of sp³-hybridized carbons (Fsp3) is 0.400. The summed E-state index contributed by atoms with van der Waals surface area (Å²) in [7, 11) is -3.05. The van der Waals surface area contributed by atoms with Crippen molar-refractivity contribution in [3.05, 3.63) is 89.5 Å². The average molecular weight is 642 g/mol. The smallest absolute Gasteiger partial charge is 0.414 e. The zero-order chi connectivity index (χ0) is 32.4. The number of anilines is 3. The van der Waals surface area contributed by atoms with Gasteiger partial charge in [0.2, 0.25) is 5.91 Å². The van der Waals surface area contributed by atoms with Crippen molar-refractivity contribution in [2.75, 3.05) is 29.6 Å². The van der Waals surface area contributed by atoms with Crippen molar-refractivity contribution in [2.24, 2.45) is 5.92 Å². The Balaban J connectivity index is 1.30. The normalized spacial score (nSPS) is 27.3. The van der Waals surface area contributed by atoms with Gasteiger partial charge in [-0.2, -0.15) is 0 Å². The second kappa shape index (κ2) is 11.3. The molecule has 0 bridgehead atoms. The van der Waals surface area contributed by atoms with Gasteiger partial charge in [0.25, 0.3) is 5.91 Å². The summed E-state index contributed by atoms with van der Waals surface area (Å²) >= 11 is 0. The second-order valence-electron chi connectivity index (χ2n) is 13.3. The Kier molecular flexibility index (Phi) is 7.55. The molecule has 0 saturated carbocycles. The van der Waals surface area contributed by atoms with Crippen molar-refractivity contribution in [1.82, 2.24) is 4.90 Å². The summed E-state index contributed by atoms with van der Waals surface area (Å²) in [5, 5.41) is 10.3. The van der Waals surface area contributed by atoms with Crippen LogP contribution in [-0.2, 0) is 37.6 Å². The quantitative estimate of drug-likeness (QED) is 0.382. The molecule has 4 aliphatic heterocycles. The molecule has 4 aliphatic rings. The summed E-state index contributed by atoms with van der Waals surface area (Å²) in [6.07, 6.45) is -0.699. The van der Waals surface area contributed by atoms with Crippen molar-refractivity contribution in [3.8, 4) is 0 Å². The van der Waals surface area contributed by atoms with Gasteiger partial charge in [-0.05, 0) is 61.0 Å². The maximum absolute atomic E-state index is 14.8. The second-order valence-corrected chi connectivity index (χ2v) is 17.3. The number of cyclic esters (lactones) is 1. The van der Waals surface area contributed by atoms with Crippen LogP contribution in [-0.4, -0.2) is 72.9 Å². The van der Waals surface area contributed by atoms with E-state index in [-0.39, 0.29) is 37.5 Å². The summed E-state index contributed by atoms with van der Waals surface area (Å²) in [5.41, 5.74) is 2.69. The standard InChI is InChI=1S/C35H39N3O7Si/c1-22-32(46(2,3)43)30(19-31(40)37-20-24-10-8-7-9-23(24)17-27(37)21-39)45-35(22)28-18-26(36-15-16-44-34(36)42)13-14-29(28)38(33(35)41)25-11-5-4-6-12-25/h4-14,18,22,27,30,32,39,43H,15-17,19-21H2,1-3H3/t22-,27+,30+,32-,35+/m1/s1. The van der Waals surface area contributed by atoms with Crippen LogP contribution in [0.2, 0.25) is 18.6 Å². The van der Waals surface area contributed by atoms with Crippen LogP contribution in [0.3, 0.4) is 0 Å². The van der Waals surface area contributed by atoms with E-state index in [1.54, 1.807) is 15.9 Å². The SMILES string of the molecule is C[C@@H]1[C@@H]([Si](C)(C)O)[C@H](CC(=O)N2Cc3ccccc3C[C@H]2CO)O[C@@]12C(=O)N(c1ccccc1)c1ccc(N3CCOC3=O)cc12. The number of hydrogen-bond acceptors (Lipinski definition) is 7. The lowest BCUT2D eigenvalue weighted by atomic mass is 9.82. The molecule has 7 rings (SSSR count). The largest absolute Gasteiger partial charge is 0.447 e. The van der Waals surface area contributed by atoms with Crippen molar-refractivity contribution in [2.45, 2.75) is 62.7 Å². The number of rotatable bonds is 6. The Morgan fingerprint density at radius 2 is 1.72 bits per heavy atom. The number of amides is 3. The van der Waals surface area contributed by atoms with Gasteiger partial charge in [0.05, 0.1) is 37.4 Å². The number of nitrogens with zero attached hydrogens (tertiary/aromatic N) is 3. The molecule has 46 heavy (non-hydrogen) atoms. The van der Waals surface area contributed by atoms with E-state index in [2.05, 4.69) is 0 Å². The Morgan fingerprint density at radius 1 is 1.00 bits per heavy atom. The van der Waals surface area contributed by atoms with Gasteiger partial charge < -0.3 is 24.3 Å². The molecule has 10 nitrogen and oxygen atoms in total. The minimum Gasteiger partial charge on any atom is -0.447 e. The third kappa shape index (κ3) is 4.76. The lowest BCUT2D eigenvalue weighted by molar-refractivity contribution is -0.150. The Morgan fingerprint density at radius 3 is 2.39 bits per heavy atom. The molecule has 3 amide bonds. The van der Waals surface area contributed by atoms with Gasteiger partial charge in [-0.25, -0.2) is 4.79 Å². The summed E-state index contributed by atoms with van der Waals surface area (Å²) in [6.45, 7) is 6.45. The van der Waals surface area contributed by atoms with Crippen LogP contribution in [0.25, 0.3) is 0 Å². The highest BCUT2D eigenvalue weighted by molar-refractivity contribution is 6.71. The first kappa shape index (κ1) is 30.6. The number of hydrogen-bond donors (Lipinski definition) is 2. The van der Waals surface area contributed by atoms with Crippen molar-refractivity contribution < 1.29 is 33.8 Å². The molecule has 0 radical (unpaired) electrons. The van der Waals surface area contributed by atoms with Crippen LogP contribution in [0.1, 0.15) is 30.0 Å². The number of fused-ring (bicyclic) bond motifs is 3. The van der Waals surface area contributed by atoms with Crippen LogP contribution in [0.15, 0.2) is 72.8 Å². The maximum atomic E-state index is 14.8. The van der Waals surface area contributed by atoms with Gasteiger partial charge in [-0.3, -0.25) is 19.4 Å². The molecule has 2 saturated heterocycles. The monoisotopic (exact) mass is 641 g/mol.